The Hall–Kier alpha value is -1.77. The molecule has 0 aliphatic carbocycles. The normalized spacial score (nSPS) is 24.2. The van der Waals surface area contributed by atoms with Crippen LogP contribution in [-0.2, 0) is 20.7 Å². The number of amides is 1. The largest absolute Gasteiger partial charge is 0.394 e. The number of ether oxygens (including phenoxy) is 2. The number of carbonyl (C=O) groups excluding carboxylic acids is 1. The minimum atomic E-state index is -1.71. The molecule has 1 aromatic rings. The van der Waals surface area contributed by atoms with Crippen LogP contribution in [0.3, 0.4) is 0 Å². The molecule has 8 atom stereocenters. The summed E-state index contributed by atoms with van der Waals surface area (Å²) in [6, 6.07) is 1.54. The van der Waals surface area contributed by atoms with Crippen molar-refractivity contribution in [1.29, 1.82) is 0 Å². The third kappa shape index (κ3) is 13.3. The molecule has 1 fully saturated rings. The van der Waals surface area contributed by atoms with Gasteiger partial charge in [-0.05, 0) is 18.1 Å². The van der Waals surface area contributed by atoms with Gasteiger partial charge in [0.25, 0.3) is 0 Å². The zero-order valence-electron chi connectivity index (χ0n) is 25.8. The second kappa shape index (κ2) is 21.1. The Morgan fingerprint density at radius 1 is 0.909 bits per heavy atom. The number of aliphatic hydroxyl groups is 6. The van der Waals surface area contributed by atoms with Crippen LogP contribution in [0, 0.1) is 11.6 Å². The Morgan fingerprint density at radius 2 is 1.50 bits per heavy atom. The third-order valence-corrected chi connectivity index (χ3v) is 8.16. The molecule has 0 spiro atoms. The quantitative estimate of drug-likeness (QED) is 0.0950. The number of nitrogens with one attached hydrogen (secondary N) is 1. The fraction of sp³-hybridized carbons (Fsp3) is 0.781. The lowest BCUT2D eigenvalue weighted by molar-refractivity contribution is -0.303. The molecule has 10 nitrogen and oxygen atoms in total. The minimum Gasteiger partial charge on any atom is -0.394 e. The van der Waals surface area contributed by atoms with Crippen LogP contribution >= 0.6 is 0 Å². The van der Waals surface area contributed by atoms with Crippen LogP contribution < -0.4 is 5.32 Å². The lowest BCUT2D eigenvalue weighted by Crippen LogP contribution is -2.60. The highest BCUT2D eigenvalue weighted by Gasteiger charge is 2.44. The Balaban J connectivity index is 1.88. The zero-order valence-corrected chi connectivity index (χ0v) is 25.8. The lowest BCUT2D eigenvalue weighted by atomic mass is 9.98. The summed E-state index contributed by atoms with van der Waals surface area (Å²) >= 11 is 0. The highest BCUT2D eigenvalue weighted by Crippen LogP contribution is 2.23. The summed E-state index contributed by atoms with van der Waals surface area (Å²) in [6.45, 7) is 1.03. The van der Waals surface area contributed by atoms with Gasteiger partial charge < -0.3 is 45.4 Å². The molecule has 1 aliphatic heterocycles. The summed E-state index contributed by atoms with van der Waals surface area (Å²) < 4.78 is 38.2. The second-order valence-electron chi connectivity index (χ2n) is 11.9. The van der Waals surface area contributed by atoms with E-state index in [-0.39, 0.29) is 12.0 Å². The highest BCUT2D eigenvalue weighted by molar-refractivity contribution is 5.79. The lowest BCUT2D eigenvalue weighted by Gasteiger charge is -2.40. The summed E-state index contributed by atoms with van der Waals surface area (Å²) in [5, 5.41) is 63.9. The van der Waals surface area contributed by atoms with Gasteiger partial charge in [0.2, 0.25) is 5.91 Å². The van der Waals surface area contributed by atoms with Gasteiger partial charge in [0, 0.05) is 6.07 Å². The summed E-state index contributed by atoms with van der Waals surface area (Å²) in [5.74, 6) is -2.45. The first kappa shape index (κ1) is 38.4. The summed E-state index contributed by atoms with van der Waals surface area (Å²) in [6.07, 6.45) is 2.91. The van der Waals surface area contributed by atoms with Crippen LogP contribution in [0.15, 0.2) is 18.2 Å². The molecule has 0 saturated carbocycles. The van der Waals surface area contributed by atoms with Crippen molar-refractivity contribution in [3.8, 4) is 0 Å². The van der Waals surface area contributed by atoms with E-state index in [4.69, 9.17) is 9.47 Å². The molecule has 1 aliphatic rings. The number of hydrogen-bond donors (Lipinski definition) is 7. The van der Waals surface area contributed by atoms with Gasteiger partial charge >= 0.3 is 0 Å². The van der Waals surface area contributed by atoms with E-state index in [1.54, 1.807) is 0 Å². The number of benzene rings is 1. The molecular formula is C32H53F2NO9. The predicted molar refractivity (Wildman–Crippen MR) is 159 cm³/mol. The van der Waals surface area contributed by atoms with Crippen molar-refractivity contribution in [2.24, 2.45) is 0 Å². The van der Waals surface area contributed by atoms with Gasteiger partial charge in [0.1, 0.15) is 42.2 Å². The van der Waals surface area contributed by atoms with Crippen molar-refractivity contribution in [1.82, 2.24) is 5.32 Å². The number of aliphatic hydroxyl groups excluding tert-OH is 6. The average Bonchev–Trinajstić information content (AvgIpc) is 3.00. The molecule has 2 unspecified atom stereocenters. The van der Waals surface area contributed by atoms with E-state index in [2.05, 4.69) is 12.2 Å². The van der Waals surface area contributed by atoms with Crippen LogP contribution in [0.1, 0.15) is 96.0 Å². The van der Waals surface area contributed by atoms with Gasteiger partial charge in [-0.2, -0.15) is 0 Å². The summed E-state index contributed by atoms with van der Waals surface area (Å²) in [7, 11) is 0. The second-order valence-corrected chi connectivity index (χ2v) is 11.9. The molecule has 1 amide bonds. The van der Waals surface area contributed by atoms with Crippen LogP contribution in [0.2, 0.25) is 0 Å². The van der Waals surface area contributed by atoms with Gasteiger partial charge in [-0.15, -0.1) is 0 Å². The van der Waals surface area contributed by atoms with Gasteiger partial charge in [-0.3, -0.25) is 4.79 Å². The van der Waals surface area contributed by atoms with Crippen molar-refractivity contribution in [3.05, 3.63) is 35.4 Å². The van der Waals surface area contributed by atoms with E-state index in [0.717, 1.165) is 37.8 Å². The first-order chi connectivity index (χ1) is 21.1. The molecule has 1 aromatic carbocycles. The van der Waals surface area contributed by atoms with Gasteiger partial charge in [-0.1, -0.05) is 90.0 Å². The number of rotatable bonds is 22. The van der Waals surface area contributed by atoms with E-state index >= 15 is 0 Å². The fourth-order valence-corrected chi connectivity index (χ4v) is 5.36. The monoisotopic (exact) mass is 633 g/mol. The SMILES string of the molecule is CCCCCCCCCCCCCC[C@@H](O)[C@@H](O)[C@H](CO[C@H]1OC(CO)[C@H](O)[C@H](O)C1O)NC(=O)Cc1ccc(F)cc1F. The smallest absolute Gasteiger partial charge is 0.224 e. The molecule has 1 saturated heterocycles. The standard InChI is InChI=1S/C32H53F2NO9/c1-2-3-4-5-6-7-8-9-10-11-12-13-14-25(37)28(39)24(35-27(38)17-21-15-16-22(33)18-23(21)34)20-43-32-31(42)30(41)29(40)26(19-36)44-32/h15-16,18,24-26,28-32,36-37,39-42H,2-14,17,19-20H2,1H3,(H,35,38)/t24-,25+,26?,28-,29-,30-,31?,32-/m0/s1. The van der Waals surface area contributed by atoms with Gasteiger partial charge in [-0.25, -0.2) is 8.78 Å². The molecule has 254 valence electrons. The van der Waals surface area contributed by atoms with Crippen molar-refractivity contribution in [3.63, 3.8) is 0 Å². The molecule has 0 bridgehead atoms. The molecule has 0 radical (unpaired) electrons. The average molecular weight is 634 g/mol. The van der Waals surface area contributed by atoms with E-state index < -0.39 is 86.1 Å². The first-order valence-corrected chi connectivity index (χ1v) is 16.1. The van der Waals surface area contributed by atoms with Crippen molar-refractivity contribution < 1.29 is 53.7 Å². The van der Waals surface area contributed by atoms with E-state index in [0.29, 0.717) is 12.5 Å². The minimum absolute atomic E-state index is 0.0796. The fourth-order valence-electron chi connectivity index (χ4n) is 5.36. The maximum Gasteiger partial charge on any atom is 0.224 e. The zero-order chi connectivity index (χ0) is 32.5. The predicted octanol–water partition coefficient (Wildman–Crippen LogP) is 2.62. The number of halogens is 2. The Labute approximate surface area is 259 Å². The van der Waals surface area contributed by atoms with Crippen LogP contribution in [0.25, 0.3) is 0 Å². The third-order valence-electron chi connectivity index (χ3n) is 8.16. The Bertz CT molecular complexity index is 941. The van der Waals surface area contributed by atoms with Crippen LogP contribution in [0.4, 0.5) is 8.78 Å². The molecule has 12 heteroatoms. The molecule has 2 rings (SSSR count). The van der Waals surface area contributed by atoms with E-state index in [9.17, 15) is 44.2 Å². The molecule has 7 N–H and O–H groups in total. The summed E-state index contributed by atoms with van der Waals surface area (Å²) in [4.78, 5) is 12.8. The number of carbonyl (C=O) groups is 1. The topological polar surface area (TPSA) is 169 Å². The number of hydrogen-bond acceptors (Lipinski definition) is 9. The maximum atomic E-state index is 14.1. The van der Waals surface area contributed by atoms with Gasteiger partial charge in [0.05, 0.1) is 31.8 Å². The van der Waals surface area contributed by atoms with Crippen LogP contribution in [-0.4, -0.2) is 98.7 Å². The number of unbranched alkanes of at least 4 members (excludes halogenated alkanes) is 11. The molecule has 0 aromatic heterocycles. The van der Waals surface area contributed by atoms with Crippen LogP contribution in [0.5, 0.6) is 0 Å². The maximum absolute atomic E-state index is 14.1. The highest BCUT2D eigenvalue weighted by atomic mass is 19.1. The van der Waals surface area contributed by atoms with Crippen molar-refractivity contribution in [2.45, 2.75) is 146 Å². The Kier molecular flexibility index (Phi) is 18.4. The first-order valence-electron chi connectivity index (χ1n) is 16.1. The van der Waals surface area contributed by atoms with Gasteiger partial charge in [0.15, 0.2) is 6.29 Å². The van der Waals surface area contributed by atoms with E-state index in [1.807, 2.05) is 0 Å². The molecule has 1 heterocycles. The Morgan fingerprint density at radius 3 is 2.07 bits per heavy atom. The molecular weight excluding hydrogens is 580 g/mol. The van der Waals surface area contributed by atoms with Crippen molar-refractivity contribution in [2.75, 3.05) is 13.2 Å². The molecule has 44 heavy (non-hydrogen) atoms. The van der Waals surface area contributed by atoms with E-state index in [1.165, 1.54) is 44.9 Å². The summed E-state index contributed by atoms with van der Waals surface area (Å²) in [5.41, 5.74) is -0.0796. The van der Waals surface area contributed by atoms with Crippen molar-refractivity contribution >= 4 is 5.91 Å².